The Labute approximate surface area is 166 Å². The first kappa shape index (κ1) is 19.0. The second-order valence-electron chi connectivity index (χ2n) is 7.78. The number of ether oxygens (including phenoxy) is 1. The van der Waals surface area contributed by atoms with E-state index in [2.05, 4.69) is 40.5 Å². The summed E-state index contributed by atoms with van der Waals surface area (Å²) in [4.78, 5) is 13.9. The van der Waals surface area contributed by atoms with Gasteiger partial charge in [-0.1, -0.05) is 36.4 Å². The van der Waals surface area contributed by atoms with Crippen LogP contribution in [0.25, 0.3) is 0 Å². The molecule has 2 aliphatic heterocycles. The number of nitrogens with one attached hydrogen (secondary N) is 1. The number of piperidine rings is 1. The van der Waals surface area contributed by atoms with Crippen LogP contribution in [0.4, 0.5) is 5.69 Å². The number of fused-ring (bicyclic) bond motifs is 1. The molecule has 1 unspecified atom stereocenters. The lowest BCUT2D eigenvalue weighted by atomic mass is 9.89. The van der Waals surface area contributed by atoms with Crippen LogP contribution in [0.1, 0.15) is 36.3 Å². The molecule has 0 aliphatic carbocycles. The topological polar surface area (TPSA) is 61.8 Å². The fraction of sp³-hybridized carbons (Fsp3) is 0.435. The number of aliphatic hydroxyl groups excluding tert-OH is 1. The molecule has 2 aliphatic rings. The predicted octanol–water partition coefficient (Wildman–Crippen LogP) is 3.19. The molecule has 5 nitrogen and oxygen atoms in total. The van der Waals surface area contributed by atoms with Gasteiger partial charge in [-0.25, -0.2) is 0 Å². The van der Waals surface area contributed by atoms with Crippen molar-refractivity contribution in [2.75, 3.05) is 31.6 Å². The molecule has 1 saturated heterocycles. The number of benzene rings is 2. The van der Waals surface area contributed by atoms with Crippen LogP contribution in [0, 0.1) is 0 Å². The number of hydrogen-bond donors (Lipinski definition) is 2. The summed E-state index contributed by atoms with van der Waals surface area (Å²) in [5.74, 6) is 1.43. The van der Waals surface area contributed by atoms with Gasteiger partial charge >= 0.3 is 0 Å². The Bertz CT molecular complexity index is 801. The Kier molecular flexibility index (Phi) is 5.93. The summed E-state index contributed by atoms with van der Waals surface area (Å²) in [5.41, 5.74) is 3.27. The van der Waals surface area contributed by atoms with Gasteiger partial charge in [-0.3, -0.25) is 4.79 Å². The third kappa shape index (κ3) is 4.54. The van der Waals surface area contributed by atoms with Gasteiger partial charge in [-0.15, -0.1) is 0 Å². The van der Waals surface area contributed by atoms with E-state index in [1.165, 1.54) is 5.56 Å². The Morgan fingerprint density at radius 3 is 2.64 bits per heavy atom. The standard InChI is InChI=1S/C23H28N2O3/c26-19(15-25-13-11-18(12-14-25)17-5-2-1-3-6-17)16-28-22-8-4-7-21-20(22)9-10-23(27)24-21/h1-8,18-19,26H,9-16H2,(H,24,27). The van der Waals surface area contributed by atoms with E-state index in [9.17, 15) is 9.90 Å². The Morgan fingerprint density at radius 2 is 1.86 bits per heavy atom. The van der Waals surface area contributed by atoms with Gasteiger partial charge in [-0.05, 0) is 56.0 Å². The number of likely N-dealkylation sites (tertiary alicyclic amines) is 1. The number of rotatable bonds is 6. The highest BCUT2D eigenvalue weighted by atomic mass is 16.5. The number of hydrogen-bond acceptors (Lipinski definition) is 4. The Morgan fingerprint density at radius 1 is 1.07 bits per heavy atom. The molecule has 1 atom stereocenters. The maximum absolute atomic E-state index is 11.5. The highest BCUT2D eigenvalue weighted by Gasteiger charge is 2.23. The fourth-order valence-electron chi connectivity index (χ4n) is 4.24. The minimum atomic E-state index is -0.526. The molecular weight excluding hydrogens is 352 g/mol. The Hall–Kier alpha value is -2.37. The van der Waals surface area contributed by atoms with Crippen molar-refractivity contribution in [3.8, 4) is 5.75 Å². The lowest BCUT2D eigenvalue weighted by molar-refractivity contribution is -0.116. The average Bonchev–Trinajstić information content (AvgIpc) is 2.73. The molecule has 4 rings (SSSR count). The van der Waals surface area contributed by atoms with E-state index in [0.717, 1.165) is 42.9 Å². The van der Waals surface area contributed by atoms with Crippen LogP contribution in [-0.4, -0.2) is 48.3 Å². The first-order valence-corrected chi connectivity index (χ1v) is 10.2. The first-order valence-electron chi connectivity index (χ1n) is 10.2. The lowest BCUT2D eigenvalue weighted by Gasteiger charge is -2.33. The van der Waals surface area contributed by atoms with E-state index in [1.807, 2.05) is 18.2 Å². The third-order valence-corrected chi connectivity index (χ3v) is 5.77. The van der Waals surface area contributed by atoms with Crippen molar-refractivity contribution in [2.24, 2.45) is 0 Å². The van der Waals surface area contributed by atoms with Gasteiger partial charge in [0, 0.05) is 24.2 Å². The van der Waals surface area contributed by atoms with Crippen molar-refractivity contribution in [3.63, 3.8) is 0 Å². The van der Waals surface area contributed by atoms with E-state index in [-0.39, 0.29) is 12.5 Å². The molecule has 1 fully saturated rings. The van der Waals surface area contributed by atoms with Crippen LogP contribution in [-0.2, 0) is 11.2 Å². The molecule has 2 heterocycles. The summed E-state index contributed by atoms with van der Waals surface area (Å²) >= 11 is 0. The van der Waals surface area contributed by atoms with Crippen molar-refractivity contribution in [3.05, 3.63) is 59.7 Å². The van der Waals surface area contributed by atoms with Gasteiger partial charge in [0.1, 0.15) is 18.5 Å². The van der Waals surface area contributed by atoms with Gasteiger partial charge in [0.25, 0.3) is 0 Å². The first-order chi connectivity index (χ1) is 13.7. The number of nitrogens with zero attached hydrogens (tertiary/aromatic N) is 1. The highest BCUT2D eigenvalue weighted by Crippen LogP contribution is 2.31. The van der Waals surface area contributed by atoms with Crippen LogP contribution in [0.15, 0.2) is 48.5 Å². The summed E-state index contributed by atoms with van der Waals surface area (Å²) in [6.07, 6.45) is 2.89. The molecule has 5 heteroatoms. The summed E-state index contributed by atoms with van der Waals surface area (Å²) in [6, 6.07) is 16.4. The van der Waals surface area contributed by atoms with Crippen LogP contribution in [0.2, 0.25) is 0 Å². The number of amides is 1. The van der Waals surface area contributed by atoms with Crippen molar-refractivity contribution in [2.45, 2.75) is 37.7 Å². The molecule has 28 heavy (non-hydrogen) atoms. The van der Waals surface area contributed by atoms with Gasteiger partial charge in [-0.2, -0.15) is 0 Å². The molecule has 0 aromatic heterocycles. The zero-order valence-electron chi connectivity index (χ0n) is 16.1. The summed E-state index contributed by atoms with van der Waals surface area (Å²) in [5, 5.41) is 13.3. The second kappa shape index (κ2) is 8.76. The number of anilines is 1. The molecular formula is C23H28N2O3. The molecule has 2 aromatic rings. The van der Waals surface area contributed by atoms with Gasteiger partial charge in [0.15, 0.2) is 0 Å². The summed E-state index contributed by atoms with van der Waals surface area (Å²) < 4.78 is 5.91. The molecule has 148 valence electrons. The van der Waals surface area contributed by atoms with E-state index in [0.29, 0.717) is 25.3 Å². The number of aliphatic hydroxyl groups is 1. The van der Waals surface area contributed by atoms with E-state index >= 15 is 0 Å². The molecule has 1 amide bonds. The maximum atomic E-state index is 11.5. The average molecular weight is 380 g/mol. The fourth-order valence-corrected chi connectivity index (χ4v) is 4.24. The quantitative estimate of drug-likeness (QED) is 0.808. The predicted molar refractivity (Wildman–Crippen MR) is 110 cm³/mol. The third-order valence-electron chi connectivity index (χ3n) is 5.77. The summed E-state index contributed by atoms with van der Waals surface area (Å²) in [6.45, 7) is 2.91. The highest BCUT2D eigenvalue weighted by molar-refractivity contribution is 5.94. The smallest absolute Gasteiger partial charge is 0.224 e. The van der Waals surface area contributed by atoms with E-state index in [1.54, 1.807) is 0 Å². The van der Waals surface area contributed by atoms with Gasteiger partial charge in [0.2, 0.25) is 5.91 Å². The number of carbonyl (C=O) groups is 1. The minimum absolute atomic E-state index is 0.0450. The molecule has 2 N–H and O–H groups in total. The number of β-amino-alcohol motifs (C(OH)–C–C–N with tert-alkyl or cyclic N) is 1. The SMILES string of the molecule is O=C1CCc2c(cccc2OCC(O)CN2CCC(c3ccccc3)CC2)N1. The largest absolute Gasteiger partial charge is 0.490 e. The number of carbonyl (C=O) groups excluding carboxylic acids is 1. The molecule has 0 bridgehead atoms. The van der Waals surface area contributed by atoms with Gasteiger partial charge < -0.3 is 20.1 Å². The lowest BCUT2D eigenvalue weighted by Crippen LogP contribution is -2.40. The van der Waals surface area contributed by atoms with Crippen molar-refractivity contribution < 1.29 is 14.6 Å². The van der Waals surface area contributed by atoms with Crippen molar-refractivity contribution >= 4 is 11.6 Å². The zero-order valence-corrected chi connectivity index (χ0v) is 16.1. The monoisotopic (exact) mass is 380 g/mol. The van der Waals surface area contributed by atoms with E-state index in [4.69, 9.17) is 4.74 Å². The molecule has 2 aromatic carbocycles. The van der Waals surface area contributed by atoms with Crippen molar-refractivity contribution in [1.29, 1.82) is 0 Å². The van der Waals surface area contributed by atoms with Crippen LogP contribution in [0.5, 0.6) is 5.75 Å². The maximum Gasteiger partial charge on any atom is 0.224 e. The minimum Gasteiger partial charge on any atom is -0.490 e. The van der Waals surface area contributed by atoms with Crippen LogP contribution < -0.4 is 10.1 Å². The zero-order chi connectivity index (χ0) is 19.3. The normalized spacial score (nSPS) is 19.0. The van der Waals surface area contributed by atoms with Crippen LogP contribution >= 0.6 is 0 Å². The van der Waals surface area contributed by atoms with E-state index < -0.39 is 6.10 Å². The second-order valence-corrected chi connectivity index (χ2v) is 7.78. The van der Waals surface area contributed by atoms with Crippen LogP contribution in [0.3, 0.4) is 0 Å². The van der Waals surface area contributed by atoms with Crippen molar-refractivity contribution in [1.82, 2.24) is 4.90 Å². The van der Waals surface area contributed by atoms with Gasteiger partial charge in [0.05, 0.1) is 0 Å². The molecule has 0 spiro atoms. The Balaban J connectivity index is 1.25. The molecule has 0 radical (unpaired) electrons. The summed E-state index contributed by atoms with van der Waals surface area (Å²) in [7, 11) is 0. The molecule has 0 saturated carbocycles.